The quantitative estimate of drug-likeness (QED) is 0.355. The summed E-state index contributed by atoms with van der Waals surface area (Å²) in [5, 5.41) is 12.5. The maximum Gasteiger partial charge on any atom is 0.352 e. The van der Waals surface area contributed by atoms with Crippen molar-refractivity contribution in [2.45, 2.75) is 38.5 Å². The van der Waals surface area contributed by atoms with Crippen LogP contribution >= 0.6 is 22.6 Å². The molecule has 4 saturated carbocycles. The Labute approximate surface area is 201 Å². The van der Waals surface area contributed by atoms with Gasteiger partial charge >= 0.3 is 5.97 Å². The SMILES string of the molecule is O=C(O)/C(=C\c1ccc(Oc2ccccc2I)cc1)NC(=O)C12CC3CC(CC(C3)C1)C2. The molecule has 0 aromatic heterocycles. The lowest BCUT2D eigenvalue weighted by Gasteiger charge is -2.55. The molecule has 0 spiro atoms. The van der Waals surface area contributed by atoms with Crippen LogP contribution in [-0.4, -0.2) is 17.0 Å². The van der Waals surface area contributed by atoms with Gasteiger partial charge in [-0.15, -0.1) is 0 Å². The Hall–Kier alpha value is -2.35. The molecule has 5 nitrogen and oxygen atoms in total. The highest BCUT2D eigenvalue weighted by Crippen LogP contribution is 2.60. The van der Waals surface area contributed by atoms with Gasteiger partial charge in [-0.25, -0.2) is 4.79 Å². The van der Waals surface area contributed by atoms with Gasteiger partial charge in [-0.2, -0.15) is 0 Å². The molecular formula is C26H26INO4. The van der Waals surface area contributed by atoms with E-state index in [-0.39, 0.29) is 17.0 Å². The number of carboxylic acid groups (broad SMARTS) is 1. The summed E-state index contributed by atoms with van der Waals surface area (Å²) < 4.78 is 6.91. The fourth-order valence-corrected chi connectivity index (χ4v) is 6.75. The van der Waals surface area contributed by atoms with E-state index in [2.05, 4.69) is 27.9 Å². The second kappa shape index (κ2) is 8.54. The Kier molecular flexibility index (Phi) is 5.73. The molecule has 0 aliphatic heterocycles. The van der Waals surface area contributed by atoms with Gasteiger partial charge in [-0.3, -0.25) is 4.79 Å². The summed E-state index contributed by atoms with van der Waals surface area (Å²) in [6, 6.07) is 14.9. The monoisotopic (exact) mass is 543 g/mol. The first-order valence-corrected chi connectivity index (χ1v) is 12.3. The van der Waals surface area contributed by atoms with Crippen molar-refractivity contribution >= 4 is 40.5 Å². The predicted molar refractivity (Wildman–Crippen MR) is 130 cm³/mol. The van der Waals surface area contributed by atoms with Crippen LogP contribution in [0.3, 0.4) is 0 Å². The summed E-state index contributed by atoms with van der Waals surface area (Å²) in [6.07, 6.45) is 7.96. The van der Waals surface area contributed by atoms with E-state index >= 15 is 0 Å². The zero-order valence-electron chi connectivity index (χ0n) is 17.7. The van der Waals surface area contributed by atoms with E-state index in [0.29, 0.717) is 29.1 Å². The van der Waals surface area contributed by atoms with E-state index in [1.165, 1.54) is 25.3 Å². The number of carbonyl (C=O) groups is 2. The van der Waals surface area contributed by atoms with Crippen molar-refractivity contribution < 1.29 is 19.4 Å². The largest absolute Gasteiger partial charge is 0.477 e. The normalized spacial score (nSPS) is 28.4. The highest BCUT2D eigenvalue weighted by molar-refractivity contribution is 14.1. The van der Waals surface area contributed by atoms with Gasteiger partial charge in [0, 0.05) is 0 Å². The minimum absolute atomic E-state index is 0.0722. The Morgan fingerprint density at radius 3 is 2.12 bits per heavy atom. The number of benzene rings is 2. The Morgan fingerprint density at radius 1 is 0.969 bits per heavy atom. The van der Waals surface area contributed by atoms with Crippen LogP contribution in [-0.2, 0) is 9.59 Å². The van der Waals surface area contributed by atoms with E-state index in [1.807, 2.05) is 24.3 Å². The molecule has 2 aromatic rings. The molecule has 0 radical (unpaired) electrons. The highest BCUT2D eigenvalue weighted by Gasteiger charge is 2.54. The summed E-state index contributed by atoms with van der Waals surface area (Å²) in [6.45, 7) is 0. The fourth-order valence-electron chi connectivity index (χ4n) is 6.25. The number of aliphatic carboxylic acids is 1. The second-order valence-electron chi connectivity index (χ2n) is 9.62. The summed E-state index contributed by atoms with van der Waals surface area (Å²) in [5.41, 5.74) is 0.244. The average Bonchev–Trinajstić information content (AvgIpc) is 2.75. The van der Waals surface area contributed by atoms with Crippen molar-refractivity contribution in [2.75, 3.05) is 0 Å². The summed E-state index contributed by atoms with van der Waals surface area (Å²) >= 11 is 2.22. The molecule has 6 heteroatoms. The van der Waals surface area contributed by atoms with Crippen LogP contribution in [0.1, 0.15) is 44.1 Å². The Bertz CT molecular complexity index is 1040. The molecular weight excluding hydrogens is 517 g/mol. The molecule has 0 heterocycles. The summed E-state index contributed by atoms with van der Waals surface area (Å²) in [4.78, 5) is 25.2. The van der Waals surface area contributed by atoms with Crippen LogP contribution in [0.25, 0.3) is 6.08 Å². The minimum Gasteiger partial charge on any atom is -0.477 e. The zero-order chi connectivity index (χ0) is 22.3. The van der Waals surface area contributed by atoms with Crippen LogP contribution in [0.15, 0.2) is 54.2 Å². The van der Waals surface area contributed by atoms with Crippen LogP contribution in [0.2, 0.25) is 0 Å². The molecule has 2 N–H and O–H groups in total. The van der Waals surface area contributed by atoms with Gasteiger partial charge in [0.1, 0.15) is 17.2 Å². The number of amides is 1. The standard InChI is InChI=1S/C26H26INO4/c27-21-3-1-2-4-23(21)32-20-7-5-16(6-8-20)12-22(24(29)30)28-25(31)26-13-17-9-18(14-26)11-19(10-17)15-26/h1-8,12,17-19H,9-11,13-15H2,(H,28,31)(H,29,30)/b22-12+. The fraction of sp³-hybridized carbons (Fsp3) is 0.385. The third-order valence-electron chi connectivity index (χ3n) is 7.25. The van der Waals surface area contributed by atoms with E-state index < -0.39 is 5.97 Å². The number of hydrogen-bond donors (Lipinski definition) is 2. The topological polar surface area (TPSA) is 75.6 Å². The Morgan fingerprint density at radius 2 is 1.56 bits per heavy atom. The van der Waals surface area contributed by atoms with Crippen LogP contribution < -0.4 is 10.1 Å². The summed E-state index contributed by atoms with van der Waals surface area (Å²) in [7, 11) is 0. The molecule has 0 unspecified atom stereocenters. The van der Waals surface area contributed by atoms with Crippen LogP contribution in [0.5, 0.6) is 11.5 Å². The number of halogens is 1. The van der Waals surface area contributed by atoms with Gasteiger partial charge in [0.05, 0.1) is 8.99 Å². The first kappa shape index (κ1) is 21.5. The van der Waals surface area contributed by atoms with Crippen molar-refractivity contribution in [3.63, 3.8) is 0 Å². The van der Waals surface area contributed by atoms with Gasteiger partial charge in [0.15, 0.2) is 0 Å². The van der Waals surface area contributed by atoms with Crippen molar-refractivity contribution in [3.8, 4) is 11.5 Å². The molecule has 0 saturated heterocycles. The molecule has 6 rings (SSSR count). The van der Waals surface area contributed by atoms with Crippen molar-refractivity contribution in [1.29, 1.82) is 0 Å². The second-order valence-corrected chi connectivity index (χ2v) is 10.8. The molecule has 4 aliphatic rings. The molecule has 4 fully saturated rings. The molecule has 4 bridgehead atoms. The van der Waals surface area contributed by atoms with E-state index in [9.17, 15) is 14.7 Å². The third-order valence-corrected chi connectivity index (χ3v) is 8.15. The lowest BCUT2D eigenvalue weighted by molar-refractivity contribution is -0.147. The van der Waals surface area contributed by atoms with Gasteiger partial charge < -0.3 is 15.2 Å². The average molecular weight is 543 g/mol. The third kappa shape index (κ3) is 4.29. The number of carbonyl (C=O) groups excluding carboxylic acids is 1. The zero-order valence-corrected chi connectivity index (χ0v) is 19.9. The van der Waals surface area contributed by atoms with Crippen molar-refractivity contribution in [3.05, 3.63) is 63.4 Å². The van der Waals surface area contributed by atoms with E-state index in [4.69, 9.17) is 4.74 Å². The predicted octanol–water partition coefficient (Wildman–Crippen LogP) is 5.84. The Balaban J connectivity index is 1.31. The smallest absolute Gasteiger partial charge is 0.352 e. The summed E-state index contributed by atoms with van der Waals surface area (Å²) in [5.74, 6) is 2.09. The minimum atomic E-state index is -1.12. The number of rotatable bonds is 6. The first-order valence-electron chi connectivity index (χ1n) is 11.2. The van der Waals surface area contributed by atoms with Gasteiger partial charge in [0.25, 0.3) is 0 Å². The number of carboxylic acids is 1. The highest BCUT2D eigenvalue weighted by atomic mass is 127. The molecule has 4 aliphatic carbocycles. The van der Waals surface area contributed by atoms with E-state index in [0.717, 1.165) is 28.6 Å². The number of hydrogen-bond acceptors (Lipinski definition) is 3. The molecule has 0 atom stereocenters. The van der Waals surface area contributed by atoms with Gasteiger partial charge in [0.2, 0.25) is 5.91 Å². The molecule has 1 amide bonds. The molecule has 2 aromatic carbocycles. The lowest BCUT2D eigenvalue weighted by atomic mass is 9.49. The van der Waals surface area contributed by atoms with Gasteiger partial charge in [-0.1, -0.05) is 24.3 Å². The van der Waals surface area contributed by atoms with E-state index in [1.54, 1.807) is 24.3 Å². The maximum absolute atomic E-state index is 13.3. The van der Waals surface area contributed by atoms with Crippen LogP contribution in [0.4, 0.5) is 0 Å². The lowest BCUT2D eigenvalue weighted by Crippen LogP contribution is -2.53. The maximum atomic E-state index is 13.3. The number of nitrogens with one attached hydrogen (secondary N) is 1. The van der Waals surface area contributed by atoms with Crippen molar-refractivity contribution in [1.82, 2.24) is 5.32 Å². The number of ether oxygens (including phenoxy) is 1. The van der Waals surface area contributed by atoms with Crippen molar-refractivity contribution in [2.24, 2.45) is 23.2 Å². The molecule has 32 heavy (non-hydrogen) atoms. The van der Waals surface area contributed by atoms with Gasteiger partial charge in [-0.05, 0) is 115 Å². The molecule has 166 valence electrons. The first-order chi connectivity index (χ1) is 15.4. The number of para-hydroxylation sites is 1. The van der Waals surface area contributed by atoms with Crippen LogP contribution in [0, 0.1) is 26.7 Å².